The largest absolute Gasteiger partial charge is 0.504 e. The fourth-order valence-electron chi connectivity index (χ4n) is 8.05. The Kier molecular flexibility index (Phi) is 4.84. The predicted molar refractivity (Wildman–Crippen MR) is 134 cm³/mol. The molecule has 0 radical (unpaired) electrons. The van der Waals surface area contributed by atoms with Crippen LogP contribution in [0.15, 0.2) is 41.2 Å². The number of phenolic OH excluding ortho intramolecular Hbond substituents is 1. The summed E-state index contributed by atoms with van der Waals surface area (Å²) in [4.78, 5) is 30.5. The minimum atomic E-state index is -1.22. The van der Waals surface area contributed by atoms with E-state index in [-0.39, 0.29) is 28.7 Å². The lowest BCUT2D eigenvalue weighted by Gasteiger charge is -2.61. The van der Waals surface area contributed by atoms with E-state index in [1.54, 1.807) is 42.7 Å². The summed E-state index contributed by atoms with van der Waals surface area (Å²) in [6.07, 6.45) is 10.1. The Bertz CT molecular complexity index is 1300. The molecule has 5 atom stereocenters. The monoisotopic (exact) mass is 505 g/mol. The highest BCUT2D eigenvalue weighted by molar-refractivity contribution is 5.92. The molecule has 9 nitrogen and oxygen atoms in total. The summed E-state index contributed by atoms with van der Waals surface area (Å²) in [5.74, 6) is 0.835. The smallest absolute Gasteiger partial charge is 0.251 e. The molecule has 37 heavy (non-hydrogen) atoms. The molecule has 1 spiro atoms. The summed E-state index contributed by atoms with van der Waals surface area (Å²) in [7, 11) is 1.75. The van der Waals surface area contributed by atoms with Gasteiger partial charge < -0.3 is 19.2 Å². The zero-order valence-corrected chi connectivity index (χ0v) is 20.8. The van der Waals surface area contributed by atoms with Gasteiger partial charge in [0.05, 0.1) is 24.6 Å². The van der Waals surface area contributed by atoms with Crippen LogP contribution in [0.4, 0.5) is 0 Å². The fourth-order valence-corrected chi connectivity index (χ4v) is 8.05. The second-order valence-electron chi connectivity index (χ2n) is 11.5. The number of amides is 1. The minimum Gasteiger partial charge on any atom is -0.504 e. The summed E-state index contributed by atoms with van der Waals surface area (Å²) >= 11 is 0. The van der Waals surface area contributed by atoms with Gasteiger partial charge in [0.1, 0.15) is 11.5 Å². The number of likely N-dealkylation sites (tertiary alicyclic amines) is 1. The molecule has 3 fully saturated rings. The van der Waals surface area contributed by atoms with Crippen LogP contribution >= 0.6 is 0 Å². The lowest BCUT2D eigenvalue weighted by atomic mass is 9.46. The van der Waals surface area contributed by atoms with E-state index >= 15 is 0 Å². The van der Waals surface area contributed by atoms with Crippen molar-refractivity contribution in [2.75, 3.05) is 20.1 Å². The van der Waals surface area contributed by atoms with Gasteiger partial charge in [-0.3, -0.25) is 19.8 Å². The third-order valence-corrected chi connectivity index (χ3v) is 9.86. The Morgan fingerprint density at radius 3 is 2.86 bits per heavy atom. The van der Waals surface area contributed by atoms with Crippen molar-refractivity contribution in [3.05, 3.63) is 63.6 Å². The molecule has 1 aromatic carbocycles. The van der Waals surface area contributed by atoms with E-state index in [0.29, 0.717) is 37.4 Å². The van der Waals surface area contributed by atoms with E-state index in [1.807, 2.05) is 6.07 Å². The number of nitro groups is 1. The SMILES string of the molecule is CN(C(=O)/C=C/c1ccoc1)[C@@H]1CC[C@@]2([N+](=O)[O-])[C@H]3Cc4ccc(O)c5c4[C@@]2(CCN3CC2CC2)[C@H]1O5. The summed E-state index contributed by atoms with van der Waals surface area (Å²) < 4.78 is 11.6. The molecule has 2 aromatic rings. The zero-order chi connectivity index (χ0) is 25.5. The normalized spacial score (nSPS) is 33.7. The summed E-state index contributed by atoms with van der Waals surface area (Å²) in [5, 5.41) is 24.1. The molecule has 194 valence electrons. The number of hydrogen-bond acceptors (Lipinski definition) is 7. The number of carbonyl (C=O) groups excluding carboxylic acids is 1. The van der Waals surface area contributed by atoms with Crippen LogP contribution < -0.4 is 4.74 Å². The molecule has 3 aliphatic carbocycles. The maximum Gasteiger partial charge on any atom is 0.251 e. The van der Waals surface area contributed by atoms with Gasteiger partial charge in [0.25, 0.3) is 5.54 Å². The van der Waals surface area contributed by atoms with Crippen molar-refractivity contribution in [2.45, 2.75) is 67.7 Å². The Hall–Kier alpha value is -3.33. The molecule has 2 saturated carbocycles. The van der Waals surface area contributed by atoms with E-state index in [0.717, 1.165) is 29.8 Å². The molecule has 9 heteroatoms. The quantitative estimate of drug-likeness (QED) is 0.364. The van der Waals surface area contributed by atoms with Crippen molar-refractivity contribution in [3.8, 4) is 11.5 Å². The van der Waals surface area contributed by atoms with Gasteiger partial charge in [0.15, 0.2) is 11.5 Å². The fraction of sp³-hybridized carbons (Fsp3) is 0.536. The average molecular weight is 506 g/mol. The number of hydrogen-bond donors (Lipinski definition) is 1. The second-order valence-corrected chi connectivity index (χ2v) is 11.5. The number of furan rings is 1. The predicted octanol–water partition coefficient (Wildman–Crippen LogP) is 3.37. The van der Waals surface area contributed by atoms with E-state index in [1.165, 1.54) is 18.9 Å². The van der Waals surface area contributed by atoms with E-state index in [4.69, 9.17) is 9.15 Å². The molecule has 2 aliphatic heterocycles. The van der Waals surface area contributed by atoms with Crippen LogP contribution in [-0.2, 0) is 16.6 Å². The first-order chi connectivity index (χ1) is 17.9. The van der Waals surface area contributed by atoms with Gasteiger partial charge in [0, 0.05) is 42.1 Å². The molecule has 1 amide bonds. The van der Waals surface area contributed by atoms with E-state index in [9.17, 15) is 20.0 Å². The summed E-state index contributed by atoms with van der Waals surface area (Å²) in [6, 6.07) is 4.76. The van der Waals surface area contributed by atoms with Crippen LogP contribution in [0.1, 0.15) is 48.8 Å². The molecule has 1 saturated heterocycles. The first-order valence-corrected chi connectivity index (χ1v) is 13.2. The standard InChI is InChI=1S/C28H31N3O6/c1-29(23(33)7-4-18-9-13-36-16-18)20-8-10-28(31(34)35)22-14-19-5-6-21(32)25-24(19)27(28,26(20)37-25)11-12-30(22)15-17-2-3-17/h4-7,9,13,16-17,20,22,26,32H,2-3,8,10-12,14-15H2,1H3/b7-4+/t20-,22-,26+,27+,28-/m1/s1. The molecule has 0 unspecified atom stereocenters. The molecule has 7 rings (SSSR count). The van der Waals surface area contributed by atoms with Gasteiger partial charge in [-0.1, -0.05) is 6.07 Å². The lowest BCUT2D eigenvalue weighted by molar-refractivity contribution is -0.606. The van der Waals surface area contributed by atoms with Crippen LogP contribution in [0.5, 0.6) is 11.5 Å². The number of ether oxygens (including phenoxy) is 1. The minimum absolute atomic E-state index is 0.0196. The third-order valence-electron chi connectivity index (χ3n) is 9.86. The maximum atomic E-state index is 13.3. The highest BCUT2D eigenvalue weighted by Gasteiger charge is 2.80. The van der Waals surface area contributed by atoms with Crippen LogP contribution in [0, 0.1) is 16.0 Å². The average Bonchev–Trinajstić information content (AvgIpc) is 3.40. The number of nitrogens with zero attached hydrogens (tertiary/aromatic N) is 3. The molecule has 1 aromatic heterocycles. The van der Waals surface area contributed by atoms with Crippen molar-refractivity contribution < 1.29 is 24.0 Å². The van der Waals surface area contributed by atoms with Crippen LogP contribution in [0.25, 0.3) is 6.08 Å². The number of piperidine rings is 1. The van der Waals surface area contributed by atoms with Crippen molar-refractivity contribution in [1.29, 1.82) is 0 Å². The molecule has 1 N–H and O–H groups in total. The molecular formula is C28H31N3O6. The van der Waals surface area contributed by atoms with Gasteiger partial charge in [-0.2, -0.15) is 0 Å². The highest BCUT2D eigenvalue weighted by atomic mass is 16.6. The number of likely N-dealkylation sites (N-methyl/N-ethyl adjacent to an activating group) is 1. The molecular weight excluding hydrogens is 474 g/mol. The zero-order valence-electron chi connectivity index (χ0n) is 20.8. The maximum absolute atomic E-state index is 13.3. The number of benzene rings is 1. The van der Waals surface area contributed by atoms with Gasteiger partial charge in [-0.15, -0.1) is 0 Å². The number of aromatic hydroxyl groups is 1. The second kappa shape index (κ2) is 7.84. The first-order valence-electron chi connectivity index (χ1n) is 13.2. The lowest BCUT2D eigenvalue weighted by Crippen LogP contribution is -2.80. The first kappa shape index (κ1) is 22.8. The van der Waals surface area contributed by atoms with Gasteiger partial charge in [-0.25, -0.2) is 0 Å². The van der Waals surface area contributed by atoms with E-state index in [2.05, 4.69) is 4.90 Å². The summed E-state index contributed by atoms with van der Waals surface area (Å²) in [6.45, 7) is 1.67. The molecule has 2 bridgehead atoms. The van der Waals surface area contributed by atoms with Gasteiger partial charge in [0.2, 0.25) is 5.91 Å². The van der Waals surface area contributed by atoms with E-state index < -0.39 is 17.1 Å². The Balaban J connectivity index is 1.32. The van der Waals surface area contributed by atoms with Crippen molar-refractivity contribution in [1.82, 2.24) is 9.80 Å². The van der Waals surface area contributed by atoms with Crippen molar-refractivity contribution in [2.24, 2.45) is 5.92 Å². The highest BCUT2D eigenvalue weighted by Crippen LogP contribution is 2.67. The Labute approximate surface area is 214 Å². The Morgan fingerprint density at radius 1 is 1.30 bits per heavy atom. The number of carbonyl (C=O) groups is 1. The summed E-state index contributed by atoms with van der Waals surface area (Å²) in [5.41, 5.74) is 0.524. The topological polar surface area (TPSA) is 109 Å². The third kappa shape index (κ3) is 2.97. The van der Waals surface area contributed by atoms with Gasteiger partial charge in [-0.05, 0) is 68.3 Å². The molecule has 5 aliphatic rings. The Morgan fingerprint density at radius 2 is 2.14 bits per heavy atom. The van der Waals surface area contributed by atoms with Crippen LogP contribution in [0.2, 0.25) is 0 Å². The van der Waals surface area contributed by atoms with Crippen molar-refractivity contribution in [3.63, 3.8) is 0 Å². The van der Waals surface area contributed by atoms with Crippen molar-refractivity contribution >= 4 is 12.0 Å². The number of phenols is 1. The van der Waals surface area contributed by atoms with Crippen LogP contribution in [-0.4, -0.2) is 69.6 Å². The molecule has 3 heterocycles. The number of rotatable bonds is 6. The van der Waals surface area contributed by atoms with Crippen LogP contribution in [0.3, 0.4) is 0 Å². The van der Waals surface area contributed by atoms with Gasteiger partial charge >= 0.3 is 0 Å².